The average Bonchev–Trinajstić information content (AvgIpc) is 2.23. The Hall–Kier alpha value is -0.787. The smallest absolute Gasteiger partial charge is 0.159 e. The Morgan fingerprint density at radius 2 is 1.44 bits per heavy atom. The van der Waals surface area contributed by atoms with E-state index < -0.39 is 11.6 Å². The Morgan fingerprint density at radius 3 is 2.00 bits per heavy atom. The van der Waals surface area contributed by atoms with Gasteiger partial charge in [-0.25, -0.2) is 8.78 Å². The Kier molecular flexibility index (Phi) is 6.39. The average molecular weight is 291 g/mol. The largest absolute Gasteiger partial charge is 0.204 e. The third kappa shape index (κ3) is 3.36. The molecular formula is C12H8ClF2Zn-. The van der Waals surface area contributed by atoms with Gasteiger partial charge in [0.2, 0.25) is 0 Å². The van der Waals surface area contributed by atoms with Crippen LogP contribution < -0.4 is 0 Å². The molecule has 0 aliphatic rings. The maximum Gasteiger partial charge on any atom is 0.159 e. The topological polar surface area (TPSA) is 0 Å². The molecule has 0 heterocycles. The van der Waals surface area contributed by atoms with Gasteiger partial charge in [0.05, 0.1) is 0 Å². The van der Waals surface area contributed by atoms with Crippen LogP contribution in [0.4, 0.5) is 8.78 Å². The van der Waals surface area contributed by atoms with Gasteiger partial charge >= 0.3 is 0 Å². The molecule has 0 aromatic heterocycles. The molecule has 16 heavy (non-hydrogen) atoms. The van der Waals surface area contributed by atoms with Crippen LogP contribution in [0.1, 0.15) is 0 Å². The molecule has 4 heteroatoms. The van der Waals surface area contributed by atoms with Crippen molar-refractivity contribution in [2.75, 3.05) is 0 Å². The monoisotopic (exact) mass is 289 g/mol. The van der Waals surface area contributed by atoms with Crippen LogP contribution in [0.15, 0.2) is 42.5 Å². The molecule has 0 aliphatic carbocycles. The molecule has 80 valence electrons. The van der Waals surface area contributed by atoms with Gasteiger partial charge in [-0.05, 0) is 17.7 Å². The van der Waals surface area contributed by atoms with Gasteiger partial charge < -0.3 is 0 Å². The van der Waals surface area contributed by atoms with E-state index in [4.69, 9.17) is 0 Å². The molecule has 0 unspecified atom stereocenters. The third-order valence-corrected chi connectivity index (χ3v) is 1.97. The van der Waals surface area contributed by atoms with Crippen molar-refractivity contribution in [3.05, 3.63) is 60.2 Å². The van der Waals surface area contributed by atoms with Gasteiger partial charge in [0.15, 0.2) is 11.6 Å². The van der Waals surface area contributed by atoms with E-state index in [0.717, 1.165) is 11.6 Å². The number of benzene rings is 2. The molecule has 0 aliphatic heterocycles. The predicted octanol–water partition coefficient (Wildman–Crippen LogP) is 3.85. The third-order valence-electron chi connectivity index (χ3n) is 1.97. The van der Waals surface area contributed by atoms with Gasteiger partial charge in [0.1, 0.15) is 0 Å². The molecule has 2 aromatic carbocycles. The molecule has 0 fully saturated rings. The van der Waals surface area contributed by atoms with Gasteiger partial charge in [-0.3, -0.25) is 0 Å². The van der Waals surface area contributed by atoms with Crippen LogP contribution >= 0.6 is 12.4 Å². The molecule has 0 amide bonds. The normalized spacial score (nSPS) is 8.88. The second kappa shape index (κ2) is 6.72. The summed E-state index contributed by atoms with van der Waals surface area (Å²) < 4.78 is 25.5. The van der Waals surface area contributed by atoms with Crippen LogP contribution in [0.5, 0.6) is 0 Å². The summed E-state index contributed by atoms with van der Waals surface area (Å²) in [6.45, 7) is 0. The van der Waals surface area contributed by atoms with Crippen molar-refractivity contribution in [1.29, 1.82) is 0 Å². The first-order chi connectivity index (χ1) is 6.77. The molecule has 0 saturated heterocycles. The van der Waals surface area contributed by atoms with E-state index in [1.54, 1.807) is 30.3 Å². The number of hydrogen-bond acceptors (Lipinski definition) is 0. The summed E-state index contributed by atoms with van der Waals surface area (Å²) in [5.74, 6) is -1.65. The van der Waals surface area contributed by atoms with Crippen molar-refractivity contribution in [2.24, 2.45) is 0 Å². The van der Waals surface area contributed by atoms with E-state index in [1.165, 1.54) is 6.07 Å². The summed E-state index contributed by atoms with van der Waals surface area (Å²) in [5, 5.41) is 0. The molecule has 0 radical (unpaired) electrons. The summed E-state index contributed by atoms with van der Waals surface area (Å²) in [7, 11) is 0. The number of hydrogen-bond donors (Lipinski definition) is 0. The first kappa shape index (κ1) is 15.2. The summed E-state index contributed by atoms with van der Waals surface area (Å²) in [6, 6.07) is 13.8. The Morgan fingerprint density at radius 1 is 0.812 bits per heavy atom. The molecule has 0 nitrogen and oxygen atoms in total. The van der Waals surface area contributed by atoms with Crippen LogP contribution in [-0.4, -0.2) is 0 Å². The fraction of sp³-hybridized carbons (Fsp3) is 0. The minimum absolute atomic E-state index is 0. The fourth-order valence-corrected chi connectivity index (χ4v) is 1.26. The Balaban J connectivity index is 0.00000112. The van der Waals surface area contributed by atoms with Crippen LogP contribution in [-0.2, 0) is 19.5 Å². The molecule has 0 spiro atoms. The molecule has 0 saturated carbocycles. The van der Waals surface area contributed by atoms with Gasteiger partial charge in [-0.1, -0.05) is 6.07 Å². The van der Waals surface area contributed by atoms with E-state index in [0.29, 0.717) is 5.56 Å². The van der Waals surface area contributed by atoms with Crippen molar-refractivity contribution in [3.8, 4) is 11.1 Å². The summed E-state index contributed by atoms with van der Waals surface area (Å²) in [4.78, 5) is 0. The molecule has 0 atom stereocenters. The van der Waals surface area contributed by atoms with E-state index in [-0.39, 0.29) is 31.9 Å². The van der Waals surface area contributed by atoms with Crippen molar-refractivity contribution < 1.29 is 28.3 Å². The minimum Gasteiger partial charge on any atom is -0.204 e. The number of halogens is 3. The van der Waals surface area contributed by atoms with Crippen LogP contribution in [0.25, 0.3) is 11.1 Å². The maximum atomic E-state index is 12.9. The van der Waals surface area contributed by atoms with Crippen LogP contribution in [0.3, 0.4) is 0 Å². The fourth-order valence-electron chi connectivity index (χ4n) is 1.26. The molecular weight excluding hydrogens is 283 g/mol. The number of rotatable bonds is 1. The van der Waals surface area contributed by atoms with Crippen molar-refractivity contribution >= 4 is 12.4 Å². The van der Waals surface area contributed by atoms with E-state index >= 15 is 0 Å². The minimum atomic E-state index is -0.824. The first-order valence-corrected chi connectivity index (χ1v) is 4.19. The second-order valence-electron chi connectivity index (χ2n) is 2.92. The van der Waals surface area contributed by atoms with Crippen molar-refractivity contribution in [1.82, 2.24) is 0 Å². The molecule has 2 rings (SSSR count). The zero-order chi connectivity index (χ0) is 9.97. The summed E-state index contributed by atoms with van der Waals surface area (Å²) >= 11 is 0. The van der Waals surface area contributed by atoms with Gasteiger partial charge in [0, 0.05) is 19.5 Å². The Labute approximate surface area is 112 Å². The quantitative estimate of drug-likeness (QED) is 0.553. The zero-order valence-electron chi connectivity index (χ0n) is 8.41. The standard InChI is InChI=1S/C12H7F2.ClH.Zn/c13-11-7-6-10(8-12(11)14)9-4-2-1-3-5-9;;/h2-8H;1H;/q-1;;. The summed E-state index contributed by atoms with van der Waals surface area (Å²) in [5.41, 5.74) is 1.51. The first-order valence-electron chi connectivity index (χ1n) is 4.19. The van der Waals surface area contributed by atoms with Gasteiger partial charge in [-0.2, -0.15) is 30.3 Å². The van der Waals surface area contributed by atoms with Crippen LogP contribution in [0, 0.1) is 17.7 Å². The SMILES string of the molecule is Cl.Fc1ccc(-c2cc[c-]cc2)cc1F.[Zn]. The van der Waals surface area contributed by atoms with E-state index in [9.17, 15) is 8.78 Å². The van der Waals surface area contributed by atoms with Crippen molar-refractivity contribution in [3.63, 3.8) is 0 Å². The van der Waals surface area contributed by atoms with E-state index in [1.807, 2.05) is 0 Å². The van der Waals surface area contributed by atoms with Gasteiger partial charge in [0.25, 0.3) is 0 Å². The van der Waals surface area contributed by atoms with Crippen molar-refractivity contribution in [2.45, 2.75) is 0 Å². The maximum absolute atomic E-state index is 12.9. The molecule has 0 N–H and O–H groups in total. The summed E-state index contributed by atoms with van der Waals surface area (Å²) in [6.07, 6.45) is 0. The zero-order valence-corrected chi connectivity index (χ0v) is 12.2. The van der Waals surface area contributed by atoms with E-state index in [2.05, 4.69) is 6.07 Å². The second-order valence-corrected chi connectivity index (χ2v) is 2.92. The Bertz CT molecular complexity index is 446. The molecule has 2 aromatic rings. The predicted molar refractivity (Wildman–Crippen MR) is 57.9 cm³/mol. The van der Waals surface area contributed by atoms with Gasteiger partial charge in [-0.15, -0.1) is 18.0 Å². The van der Waals surface area contributed by atoms with Crippen LogP contribution in [0.2, 0.25) is 0 Å². The molecule has 0 bridgehead atoms.